The highest BCUT2D eigenvalue weighted by Crippen LogP contribution is 2.31. The second-order valence-electron chi connectivity index (χ2n) is 6.55. The van der Waals surface area contributed by atoms with Crippen molar-refractivity contribution in [2.24, 2.45) is 11.8 Å². The number of nitrogens with one attached hydrogen (secondary N) is 1. The van der Waals surface area contributed by atoms with E-state index in [9.17, 15) is 4.39 Å². The van der Waals surface area contributed by atoms with Crippen molar-refractivity contribution >= 4 is 0 Å². The van der Waals surface area contributed by atoms with Gasteiger partial charge in [-0.15, -0.1) is 0 Å². The van der Waals surface area contributed by atoms with Crippen LogP contribution in [0.4, 0.5) is 4.39 Å². The van der Waals surface area contributed by atoms with Crippen molar-refractivity contribution in [2.75, 3.05) is 13.1 Å². The normalized spacial score (nSPS) is 18.4. The average molecular weight is 291 g/mol. The fourth-order valence-corrected chi connectivity index (χ4v) is 3.62. The van der Waals surface area contributed by atoms with Gasteiger partial charge in [0, 0.05) is 0 Å². The molecule has 0 amide bonds. The second-order valence-corrected chi connectivity index (χ2v) is 6.55. The van der Waals surface area contributed by atoms with Gasteiger partial charge in [-0.1, -0.05) is 57.6 Å². The minimum atomic E-state index is -0.103. The maximum Gasteiger partial charge on any atom is 0.123 e. The molecule has 1 unspecified atom stereocenters. The minimum Gasteiger partial charge on any atom is -0.316 e. The van der Waals surface area contributed by atoms with Gasteiger partial charge < -0.3 is 5.32 Å². The Kier molecular flexibility index (Phi) is 7.21. The molecule has 1 aromatic carbocycles. The minimum absolute atomic E-state index is 0.103. The van der Waals surface area contributed by atoms with Crippen LogP contribution < -0.4 is 5.32 Å². The maximum absolute atomic E-state index is 13.4. The molecule has 1 nitrogen and oxygen atoms in total. The Morgan fingerprint density at radius 3 is 2.62 bits per heavy atom. The average Bonchev–Trinajstić information content (AvgIpc) is 2.75. The molecule has 1 N–H and O–H groups in total. The number of hydrogen-bond acceptors (Lipinski definition) is 1. The molecule has 118 valence electrons. The topological polar surface area (TPSA) is 12.0 Å². The Morgan fingerprint density at radius 1 is 1.19 bits per heavy atom. The van der Waals surface area contributed by atoms with Crippen LogP contribution in [0.1, 0.15) is 57.4 Å². The van der Waals surface area contributed by atoms with Crippen molar-refractivity contribution in [2.45, 2.75) is 58.3 Å². The third-order valence-electron chi connectivity index (χ3n) is 4.79. The van der Waals surface area contributed by atoms with E-state index >= 15 is 0 Å². The van der Waals surface area contributed by atoms with Crippen LogP contribution in [-0.4, -0.2) is 13.1 Å². The highest BCUT2D eigenvalue weighted by atomic mass is 19.1. The maximum atomic E-state index is 13.4. The monoisotopic (exact) mass is 291 g/mol. The summed E-state index contributed by atoms with van der Waals surface area (Å²) in [6, 6.07) is 7.17. The zero-order valence-electron chi connectivity index (χ0n) is 13.4. The summed E-state index contributed by atoms with van der Waals surface area (Å²) in [6.45, 7) is 4.38. The van der Waals surface area contributed by atoms with E-state index in [-0.39, 0.29) is 5.82 Å². The van der Waals surface area contributed by atoms with Crippen LogP contribution in [0.25, 0.3) is 0 Å². The lowest BCUT2D eigenvalue weighted by Gasteiger charge is -2.27. The molecular formula is C19H30FN. The second kappa shape index (κ2) is 9.19. The van der Waals surface area contributed by atoms with E-state index < -0.39 is 0 Å². The zero-order chi connectivity index (χ0) is 14.9. The van der Waals surface area contributed by atoms with Crippen molar-refractivity contribution in [3.8, 4) is 0 Å². The van der Waals surface area contributed by atoms with Gasteiger partial charge in [-0.05, 0) is 55.5 Å². The molecule has 0 bridgehead atoms. The Hall–Kier alpha value is -0.890. The van der Waals surface area contributed by atoms with E-state index in [0.717, 1.165) is 31.0 Å². The number of rotatable bonds is 7. The summed E-state index contributed by atoms with van der Waals surface area (Å²) < 4.78 is 13.4. The van der Waals surface area contributed by atoms with Crippen LogP contribution in [0.3, 0.4) is 0 Å². The summed E-state index contributed by atoms with van der Waals surface area (Å²) in [5.41, 5.74) is 1.16. The third kappa shape index (κ3) is 5.78. The van der Waals surface area contributed by atoms with Gasteiger partial charge in [0.2, 0.25) is 0 Å². The Bertz CT molecular complexity index is 396. The Balaban J connectivity index is 1.99. The van der Waals surface area contributed by atoms with Gasteiger partial charge in [0.25, 0.3) is 0 Å². The fraction of sp³-hybridized carbons (Fsp3) is 0.684. The van der Waals surface area contributed by atoms with Crippen LogP contribution in [0.2, 0.25) is 0 Å². The van der Waals surface area contributed by atoms with E-state index in [1.165, 1.54) is 44.9 Å². The standard InChI is InChI=1S/C19H30FN/c1-2-12-21-15-18(17-9-5-3-4-6-10-17)13-16-8-7-11-19(20)14-16/h7-8,11,14,17-18,21H,2-6,9-10,12-13,15H2,1H3. The number of benzene rings is 1. The van der Waals surface area contributed by atoms with Crippen molar-refractivity contribution in [1.29, 1.82) is 0 Å². The lowest BCUT2D eigenvalue weighted by Crippen LogP contribution is -2.30. The Morgan fingerprint density at radius 2 is 1.95 bits per heavy atom. The summed E-state index contributed by atoms with van der Waals surface area (Å²) in [6.07, 6.45) is 10.4. The van der Waals surface area contributed by atoms with Gasteiger partial charge >= 0.3 is 0 Å². The van der Waals surface area contributed by atoms with Crippen LogP contribution in [0.5, 0.6) is 0 Å². The van der Waals surface area contributed by atoms with Gasteiger partial charge in [0.05, 0.1) is 0 Å². The first-order valence-electron chi connectivity index (χ1n) is 8.74. The summed E-state index contributed by atoms with van der Waals surface area (Å²) in [7, 11) is 0. The molecule has 0 radical (unpaired) electrons. The molecule has 1 fully saturated rings. The lowest BCUT2D eigenvalue weighted by atomic mass is 9.82. The number of halogens is 1. The first kappa shape index (κ1) is 16.5. The molecule has 1 atom stereocenters. The molecular weight excluding hydrogens is 261 g/mol. The predicted molar refractivity (Wildman–Crippen MR) is 87.9 cm³/mol. The molecule has 0 heterocycles. The molecule has 0 spiro atoms. The molecule has 0 aromatic heterocycles. The lowest BCUT2D eigenvalue weighted by molar-refractivity contribution is 0.284. The highest BCUT2D eigenvalue weighted by Gasteiger charge is 2.22. The SMILES string of the molecule is CCCNCC(Cc1cccc(F)c1)C1CCCCCC1. The smallest absolute Gasteiger partial charge is 0.123 e. The van der Waals surface area contributed by atoms with E-state index in [1.54, 1.807) is 12.1 Å². The predicted octanol–water partition coefficient (Wildman–Crippen LogP) is 4.95. The van der Waals surface area contributed by atoms with Crippen molar-refractivity contribution in [3.63, 3.8) is 0 Å². The molecule has 21 heavy (non-hydrogen) atoms. The molecule has 2 rings (SSSR count). The van der Waals surface area contributed by atoms with Crippen molar-refractivity contribution in [1.82, 2.24) is 5.32 Å². The first-order chi connectivity index (χ1) is 10.3. The summed E-state index contributed by atoms with van der Waals surface area (Å²) in [4.78, 5) is 0. The van der Waals surface area contributed by atoms with Crippen LogP contribution >= 0.6 is 0 Å². The molecule has 1 aliphatic rings. The largest absolute Gasteiger partial charge is 0.316 e. The van der Waals surface area contributed by atoms with E-state index in [2.05, 4.69) is 18.3 Å². The summed E-state index contributed by atoms with van der Waals surface area (Å²) >= 11 is 0. The first-order valence-corrected chi connectivity index (χ1v) is 8.74. The highest BCUT2D eigenvalue weighted by molar-refractivity contribution is 5.17. The summed E-state index contributed by atoms with van der Waals surface area (Å²) in [5, 5.41) is 3.59. The number of hydrogen-bond donors (Lipinski definition) is 1. The quantitative estimate of drug-likeness (QED) is 0.553. The molecule has 1 aliphatic carbocycles. The van der Waals surface area contributed by atoms with Gasteiger partial charge in [-0.2, -0.15) is 0 Å². The molecule has 2 heteroatoms. The van der Waals surface area contributed by atoms with Gasteiger partial charge in [0.1, 0.15) is 5.82 Å². The summed E-state index contributed by atoms with van der Waals surface area (Å²) in [5.74, 6) is 1.35. The zero-order valence-corrected chi connectivity index (χ0v) is 13.4. The van der Waals surface area contributed by atoms with Crippen molar-refractivity contribution in [3.05, 3.63) is 35.6 Å². The fourth-order valence-electron chi connectivity index (χ4n) is 3.62. The van der Waals surface area contributed by atoms with E-state index in [4.69, 9.17) is 0 Å². The molecule has 0 aliphatic heterocycles. The van der Waals surface area contributed by atoms with Crippen LogP contribution in [0, 0.1) is 17.7 Å². The van der Waals surface area contributed by atoms with Crippen LogP contribution in [-0.2, 0) is 6.42 Å². The molecule has 1 aromatic rings. The van der Waals surface area contributed by atoms with Crippen LogP contribution in [0.15, 0.2) is 24.3 Å². The van der Waals surface area contributed by atoms with Gasteiger partial charge in [-0.25, -0.2) is 4.39 Å². The van der Waals surface area contributed by atoms with Gasteiger partial charge in [-0.3, -0.25) is 0 Å². The Labute approximate surface area is 129 Å². The van der Waals surface area contributed by atoms with Gasteiger partial charge in [0.15, 0.2) is 0 Å². The third-order valence-corrected chi connectivity index (χ3v) is 4.79. The molecule has 0 saturated heterocycles. The van der Waals surface area contributed by atoms with Crippen molar-refractivity contribution < 1.29 is 4.39 Å². The van der Waals surface area contributed by atoms with E-state index in [0.29, 0.717) is 5.92 Å². The molecule has 1 saturated carbocycles. The van der Waals surface area contributed by atoms with E-state index in [1.807, 2.05) is 6.07 Å².